The minimum Gasteiger partial charge on any atom is -0.468 e. The van der Waals surface area contributed by atoms with Crippen LogP contribution in [0.25, 0.3) is 33.2 Å². The summed E-state index contributed by atoms with van der Waals surface area (Å²) in [4.78, 5) is 10.5. The van der Waals surface area contributed by atoms with Gasteiger partial charge in [0.1, 0.15) is 5.58 Å². The Morgan fingerprint density at radius 3 is 1.24 bits per heavy atom. The monoisotopic (exact) mass is 1470 g/mol. The molecule has 1 aromatic heterocycles. The summed E-state index contributed by atoms with van der Waals surface area (Å²) >= 11 is 0. The summed E-state index contributed by atoms with van der Waals surface area (Å²) in [6.45, 7) is 44.3. The first-order chi connectivity index (χ1) is 53.1. The Bertz CT molecular complexity index is 5580. The highest BCUT2D eigenvalue weighted by molar-refractivity contribution is 7.00. The molecule has 0 amide bonds. The summed E-state index contributed by atoms with van der Waals surface area (Å²) in [7, 11) is 0. The molecule has 6 heteroatoms. The van der Waals surface area contributed by atoms with Gasteiger partial charge in [0.05, 0.1) is 17.0 Å². The number of hydrogen-bond acceptors (Lipinski definition) is 5. The third-order valence-electron chi connectivity index (χ3n) is 28.1. The predicted molar refractivity (Wildman–Crippen MR) is 477 cm³/mol. The van der Waals surface area contributed by atoms with Crippen LogP contribution in [0, 0.1) is 23.7 Å². The van der Waals surface area contributed by atoms with E-state index in [-0.39, 0.29) is 50.0 Å². The summed E-state index contributed by atoms with van der Waals surface area (Å²) in [5.74, 6) is 2.80. The van der Waals surface area contributed by atoms with Gasteiger partial charge in [-0.3, -0.25) is 0 Å². The first-order valence-corrected chi connectivity index (χ1v) is 42.1. The molecule has 4 bridgehead atoms. The maximum atomic E-state index is 8.08. The fourth-order valence-corrected chi connectivity index (χ4v) is 21.9. The third-order valence-corrected chi connectivity index (χ3v) is 28.1. The van der Waals surface area contributed by atoms with Crippen LogP contribution in [-0.4, -0.2) is 6.71 Å². The van der Waals surface area contributed by atoms with Crippen LogP contribution in [0.1, 0.15) is 227 Å². The minimum absolute atomic E-state index is 0.0257. The fraction of sp³-hybridized carbons (Fsp3) is 0.358. The topological polar surface area (TPSA) is 26.1 Å². The van der Waals surface area contributed by atoms with E-state index in [1.54, 1.807) is 5.56 Å². The lowest BCUT2D eigenvalue weighted by Gasteiger charge is -2.61. The zero-order valence-electron chi connectivity index (χ0n) is 70.0. The number of furan rings is 1. The van der Waals surface area contributed by atoms with Gasteiger partial charge in [0.2, 0.25) is 0 Å². The first-order valence-electron chi connectivity index (χ1n) is 42.1. The second kappa shape index (κ2) is 25.1. The number of nitrogens with zero attached hydrogens (tertiary/aromatic N) is 4. The highest BCUT2D eigenvalue weighted by atomic mass is 16.3. The van der Waals surface area contributed by atoms with Gasteiger partial charge in [0.25, 0.3) is 6.71 Å². The van der Waals surface area contributed by atoms with Gasteiger partial charge < -0.3 is 24.0 Å². The Hall–Kier alpha value is -9.78. The Labute approximate surface area is 668 Å². The minimum atomic E-state index is -0.331. The van der Waals surface area contributed by atoms with Crippen LogP contribution in [0.5, 0.6) is 0 Å². The van der Waals surface area contributed by atoms with Crippen molar-refractivity contribution in [3.63, 3.8) is 0 Å². The second-order valence-corrected chi connectivity index (χ2v) is 41.4. The molecule has 0 N–H and O–H groups in total. The van der Waals surface area contributed by atoms with Gasteiger partial charge in [-0.05, 0) is 299 Å². The summed E-state index contributed by atoms with van der Waals surface area (Å²) in [5.41, 5.74) is 35.2. The Morgan fingerprint density at radius 1 is 0.357 bits per heavy atom. The first kappa shape index (κ1) is 72.5. The van der Waals surface area contributed by atoms with Crippen molar-refractivity contribution in [2.75, 3.05) is 19.6 Å². The lowest BCUT2D eigenvalue weighted by Crippen LogP contribution is -2.61. The van der Waals surface area contributed by atoms with Gasteiger partial charge >= 0.3 is 0 Å². The van der Waals surface area contributed by atoms with Crippen molar-refractivity contribution < 1.29 is 4.42 Å². The average Bonchev–Trinajstić information content (AvgIpc) is 1.45. The molecule has 0 saturated heterocycles. The maximum absolute atomic E-state index is 8.08. The second-order valence-electron chi connectivity index (χ2n) is 41.4. The zero-order chi connectivity index (χ0) is 78.0. The molecule has 20 rings (SSSR count). The number of benzene rings is 11. The Balaban J connectivity index is 0.936. The summed E-state index contributed by atoms with van der Waals surface area (Å²) in [6, 6.07) is 91.8. The van der Waals surface area contributed by atoms with E-state index in [2.05, 4.69) is 382 Å². The van der Waals surface area contributed by atoms with E-state index in [0.29, 0.717) is 11.8 Å². The highest BCUT2D eigenvalue weighted by Crippen LogP contribution is 2.70. The molecule has 4 saturated carbocycles. The normalized spacial score (nSPS) is 20.3. The molecule has 0 atom stereocenters. The lowest BCUT2D eigenvalue weighted by atomic mass is 9.35. The number of rotatable bonds is 9. The molecule has 4 fully saturated rings. The van der Waals surface area contributed by atoms with Gasteiger partial charge in [-0.15, -0.1) is 0 Å². The van der Waals surface area contributed by atoms with Crippen molar-refractivity contribution in [3.8, 4) is 22.3 Å². The smallest absolute Gasteiger partial charge is 0.297 e. The van der Waals surface area contributed by atoms with Crippen molar-refractivity contribution in [2.45, 2.75) is 220 Å². The maximum Gasteiger partial charge on any atom is 0.297 e. The quantitative estimate of drug-likeness (QED) is 0.134. The molecule has 1 spiro atoms. The molecule has 6 aliphatic carbocycles. The van der Waals surface area contributed by atoms with Gasteiger partial charge in [-0.1, -0.05) is 253 Å². The fourth-order valence-electron chi connectivity index (χ4n) is 21.9. The van der Waals surface area contributed by atoms with E-state index in [1.165, 1.54) is 115 Å². The zero-order valence-corrected chi connectivity index (χ0v) is 70.0. The van der Waals surface area contributed by atoms with E-state index in [9.17, 15) is 0 Å². The molecule has 3 heterocycles. The van der Waals surface area contributed by atoms with Crippen molar-refractivity contribution in [1.29, 1.82) is 0 Å². The number of anilines is 12. The average molecular weight is 1470 g/mol. The summed E-state index contributed by atoms with van der Waals surface area (Å²) in [6.07, 6.45) is 8.84. The molecule has 12 aromatic rings. The van der Waals surface area contributed by atoms with Crippen LogP contribution in [-0.2, 0) is 43.3 Å². The van der Waals surface area contributed by atoms with Crippen molar-refractivity contribution in [2.24, 2.45) is 23.7 Å². The van der Waals surface area contributed by atoms with Gasteiger partial charge in [0.15, 0.2) is 0 Å². The van der Waals surface area contributed by atoms with E-state index in [4.69, 9.17) is 4.42 Å². The molecule has 2 aliphatic heterocycles. The molecule has 112 heavy (non-hydrogen) atoms. The van der Waals surface area contributed by atoms with E-state index in [1.807, 2.05) is 0 Å². The van der Waals surface area contributed by atoms with Crippen molar-refractivity contribution in [1.82, 2.24) is 0 Å². The number of hydrogen-bond donors (Lipinski definition) is 0. The standard InChI is InChI=1S/C106H113BN4O/c1-99(2,3)69-28-24-67(25-29-69)68-26-38-80(39-27-68)111-94-62-83(109(78-44-34-72(35-45-78)102(10,11)12)79-46-36-73(37-47-79)103(13,14)15)61-93-96(94)107(98-97(111)86-63-89-90(64-95(86)112-98)105(18,19)53-52-104(89,16)17)91-51-49-82(108(76-40-30-70(31-41-76)100(4,5)6)77-42-32-71(33-43-77)101(7,8)9)60-92(91)110(93)81-48-50-85-84-22-20-21-23-87(84)106(88(85)59-81)74-55-65-54-66(57-74)58-75(106)56-65/h20-51,59-66,74-75H,52-58H2,1-19H3. The summed E-state index contributed by atoms with van der Waals surface area (Å²) in [5, 5.41) is 1.15. The van der Waals surface area contributed by atoms with Gasteiger partial charge in [-0.2, -0.15) is 0 Å². The molecule has 566 valence electrons. The summed E-state index contributed by atoms with van der Waals surface area (Å²) < 4.78 is 8.08. The van der Waals surface area contributed by atoms with Crippen LogP contribution in [0.3, 0.4) is 0 Å². The SMILES string of the molecule is CC(C)(C)c1ccc(-c2ccc(N3c4cc(N(c5ccc(C(C)(C)C)cc5)c5ccc(C(C)(C)C)cc5)cc5c4B(c4ccc(N(c6ccc(C(C)(C)C)cc6)c6ccc(C(C)(C)C)cc6)cc4N5c4ccc5c(c4)C4(c6ccccc6-5)C5CC6CC(C5)CC4C6)c4oc5cc6c(cc5c43)C(C)(C)CCC6(C)C)cc2)cc1. The predicted octanol–water partition coefficient (Wildman–Crippen LogP) is 27.7. The van der Waals surface area contributed by atoms with E-state index in [0.717, 1.165) is 104 Å². The van der Waals surface area contributed by atoms with Gasteiger partial charge in [0, 0.05) is 67.7 Å². The largest absolute Gasteiger partial charge is 0.468 e. The van der Waals surface area contributed by atoms with Crippen LogP contribution in [0.4, 0.5) is 68.2 Å². The van der Waals surface area contributed by atoms with Crippen LogP contribution in [0.15, 0.2) is 235 Å². The third kappa shape index (κ3) is 11.6. The van der Waals surface area contributed by atoms with Gasteiger partial charge in [-0.25, -0.2) is 0 Å². The van der Waals surface area contributed by atoms with Crippen molar-refractivity contribution >= 4 is 103 Å². The molecular weight excluding hydrogens is 1360 g/mol. The molecule has 0 radical (unpaired) electrons. The molecule has 0 unspecified atom stereocenters. The Morgan fingerprint density at radius 2 is 0.759 bits per heavy atom. The van der Waals surface area contributed by atoms with Crippen molar-refractivity contribution in [3.05, 3.63) is 281 Å². The van der Waals surface area contributed by atoms with Crippen LogP contribution >= 0.6 is 0 Å². The Kier molecular flexibility index (Phi) is 16.2. The molecule has 11 aromatic carbocycles. The van der Waals surface area contributed by atoms with Crippen LogP contribution in [0.2, 0.25) is 0 Å². The van der Waals surface area contributed by atoms with E-state index >= 15 is 0 Å². The van der Waals surface area contributed by atoms with Crippen LogP contribution < -0.4 is 36.2 Å². The molecule has 5 nitrogen and oxygen atoms in total. The van der Waals surface area contributed by atoms with E-state index < -0.39 is 0 Å². The lowest BCUT2D eigenvalue weighted by molar-refractivity contribution is -0.0399. The molecular formula is C106H113BN4O. The highest BCUT2D eigenvalue weighted by Gasteiger charge is 2.62. The molecule has 8 aliphatic rings. The number of fused-ring (bicyclic) bond motifs is 10.